The van der Waals surface area contributed by atoms with Crippen LogP contribution >= 0.6 is 0 Å². The first-order chi connectivity index (χ1) is 12.2. The van der Waals surface area contributed by atoms with Gasteiger partial charge in [0.05, 0.1) is 6.04 Å². The molecule has 26 heavy (non-hydrogen) atoms. The van der Waals surface area contributed by atoms with Crippen LogP contribution < -0.4 is 11.1 Å². The maximum Gasteiger partial charge on any atom is 0.418 e. The number of nitrogens with one attached hydrogen (secondary N) is 2. The van der Waals surface area contributed by atoms with Crippen molar-refractivity contribution >= 4 is 22.4 Å². The summed E-state index contributed by atoms with van der Waals surface area (Å²) in [5.41, 5.74) is 5.33. The van der Waals surface area contributed by atoms with Gasteiger partial charge in [-0.25, -0.2) is 4.79 Å². The van der Waals surface area contributed by atoms with Gasteiger partial charge in [0.25, 0.3) is 0 Å². The molecule has 2 amide bonds. The molecule has 1 unspecified atom stereocenters. The summed E-state index contributed by atoms with van der Waals surface area (Å²) in [5, 5.41) is 18.6. The van der Waals surface area contributed by atoms with Gasteiger partial charge in [0.15, 0.2) is 5.96 Å². The van der Waals surface area contributed by atoms with Gasteiger partial charge in [0.2, 0.25) is 11.8 Å². The smallest absolute Gasteiger partial charge is 0.418 e. The summed E-state index contributed by atoms with van der Waals surface area (Å²) in [4.78, 5) is 13.8. The molecule has 3 heterocycles. The molecule has 2 saturated heterocycles. The summed E-state index contributed by atoms with van der Waals surface area (Å²) in [5.74, 6) is 0.201. The Morgan fingerprint density at radius 2 is 2.27 bits per heavy atom. The molecule has 2 fully saturated rings. The highest BCUT2D eigenvalue weighted by atomic mass is 32.3. The van der Waals surface area contributed by atoms with Crippen LogP contribution in [0.2, 0.25) is 0 Å². The predicted molar refractivity (Wildman–Crippen MR) is 84.7 cm³/mol. The fourth-order valence-corrected chi connectivity index (χ4v) is 3.52. The van der Waals surface area contributed by atoms with Crippen LogP contribution in [0.3, 0.4) is 0 Å². The molecule has 0 radical (unpaired) electrons. The normalized spacial score (nSPS) is 24.0. The zero-order valence-corrected chi connectivity index (χ0v) is 14.6. The molecule has 0 aromatic carbocycles. The van der Waals surface area contributed by atoms with Gasteiger partial charge < -0.3 is 20.4 Å². The molecule has 2 bridgehead atoms. The van der Waals surface area contributed by atoms with Crippen molar-refractivity contribution in [2.45, 2.75) is 44.3 Å². The lowest BCUT2D eigenvalue weighted by atomic mass is 10.0. The van der Waals surface area contributed by atoms with Crippen molar-refractivity contribution < 1.29 is 26.5 Å². The molecule has 0 saturated carbocycles. The molecule has 2 aliphatic heterocycles. The first-order valence-corrected chi connectivity index (χ1v) is 9.26. The molecule has 3 rings (SSSR count). The lowest BCUT2D eigenvalue weighted by Gasteiger charge is -2.27. The Labute approximate surface area is 148 Å². The minimum absolute atomic E-state index is 0.198. The minimum Gasteiger partial charge on any atom is -0.421 e. The number of hydrogen-bond donors (Lipinski definition) is 4. The Morgan fingerprint density at radius 3 is 2.88 bits per heavy atom. The number of carbonyl (C=O) groups excluding carboxylic acids is 1. The van der Waals surface area contributed by atoms with Gasteiger partial charge in [-0.1, -0.05) is 6.92 Å². The van der Waals surface area contributed by atoms with E-state index >= 15 is 0 Å². The molecule has 13 nitrogen and oxygen atoms in total. The Hall–Kier alpha value is -2.45. The molecular weight excluding hydrogens is 370 g/mol. The Balaban J connectivity index is 1.78. The first kappa shape index (κ1) is 18.3. The number of hydroxylamine groups is 2. The summed E-state index contributed by atoms with van der Waals surface area (Å²) >= 11 is 0. The summed E-state index contributed by atoms with van der Waals surface area (Å²) in [7, 11) is -4.80. The second kappa shape index (κ2) is 6.69. The average Bonchev–Trinajstić information content (AvgIpc) is 3.12. The highest BCUT2D eigenvalue weighted by Gasteiger charge is 2.49. The number of piperidine rings is 1. The number of amides is 2. The van der Waals surface area contributed by atoms with Crippen LogP contribution in [0.1, 0.15) is 50.1 Å². The van der Waals surface area contributed by atoms with Gasteiger partial charge in [-0.05, 0) is 19.3 Å². The average molecular weight is 389 g/mol. The van der Waals surface area contributed by atoms with Crippen molar-refractivity contribution in [1.29, 1.82) is 5.41 Å². The first-order valence-electron chi connectivity index (χ1n) is 7.90. The van der Waals surface area contributed by atoms with Crippen LogP contribution in [-0.4, -0.2) is 57.7 Å². The Morgan fingerprint density at radius 1 is 1.54 bits per heavy atom. The third-order valence-electron chi connectivity index (χ3n) is 4.27. The number of hydrogen-bond acceptors (Lipinski definition) is 8. The molecule has 5 N–H and O–H groups in total. The number of nitrogens with zero attached hydrogens (tertiary/aromatic N) is 4. The van der Waals surface area contributed by atoms with Crippen LogP contribution in [0.15, 0.2) is 4.42 Å². The maximum atomic E-state index is 12.4. The van der Waals surface area contributed by atoms with Gasteiger partial charge in [0.1, 0.15) is 12.1 Å². The topological polar surface area (TPSA) is 188 Å². The standard InChI is InChI=1S/C12H19N7O6S/c1-2-7(15-11(13)14)9-16-17-10(24-9)8-4-3-6-5-18(8)12(20)19(6)25-26(21,22)23/h6-8H,2-5H2,1H3,(H4,13,14,15)(H,21,22,23)/t6-,7?,8+/m1/s1. The van der Waals surface area contributed by atoms with E-state index in [-0.39, 0.29) is 24.3 Å². The monoisotopic (exact) mass is 389 g/mol. The largest absolute Gasteiger partial charge is 0.421 e. The van der Waals surface area contributed by atoms with Crippen molar-refractivity contribution in [3.05, 3.63) is 11.8 Å². The lowest BCUT2D eigenvalue weighted by Crippen LogP contribution is -2.35. The van der Waals surface area contributed by atoms with E-state index in [4.69, 9.17) is 20.1 Å². The maximum absolute atomic E-state index is 12.4. The third-order valence-corrected chi connectivity index (χ3v) is 4.62. The fourth-order valence-electron chi connectivity index (χ4n) is 3.14. The number of rotatable bonds is 6. The second-order valence-corrected chi connectivity index (χ2v) is 7.01. The van der Waals surface area contributed by atoms with E-state index in [1.54, 1.807) is 0 Å². The SMILES string of the molecule is CCC(NC(=N)N)c1nnc([C@@H]2CC[C@@H]3CN2C(=O)N3OS(=O)(=O)O)o1. The van der Waals surface area contributed by atoms with Crippen LogP contribution in [0.25, 0.3) is 0 Å². The fraction of sp³-hybridized carbons (Fsp3) is 0.667. The van der Waals surface area contributed by atoms with E-state index in [9.17, 15) is 13.2 Å². The number of fused-ring (bicyclic) bond motifs is 2. The van der Waals surface area contributed by atoms with Gasteiger partial charge in [-0.3, -0.25) is 9.96 Å². The highest BCUT2D eigenvalue weighted by molar-refractivity contribution is 7.80. The minimum atomic E-state index is -4.80. The molecule has 14 heteroatoms. The zero-order valence-electron chi connectivity index (χ0n) is 13.8. The van der Waals surface area contributed by atoms with Crippen LogP contribution in [0, 0.1) is 5.41 Å². The van der Waals surface area contributed by atoms with Gasteiger partial charge >= 0.3 is 16.4 Å². The summed E-state index contributed by atoms with van der Waals surface area (Å²) in [6.07, 6.45) is 1.44. The summed E-state index contributed by atoms with van der Waals surface area (Å²) in [6, 6.07) is -2.17. The lowest BCUT2D eigenvalue weighted by molar-refractivity contribution is -0.0317. The molecule has 0 spiro atoms. The van der Waals surface area contributed by atoms with E-state index in [1.165, 1.54) is 4.90 Å². The number of urea groups is 1. The number of carbonyl (C=O) groups is 1. The van der Waals surface area contributed by atoms with Crippen molar-refractivity contribution in [3.8, 4) is 0 Å². The molecule has 0 aliphatic carbocycles. The van der Waals surface area contributed by atoms with Gasteiger partial charge in [-0.15, -0.1) is 14.5 Å². The third kappa shape index (κ3) is 3.56. The molecule has 2 aliphatic rings. The van der Waals surface area contributed by atoms with Crippen LogP contribution in [0.4, 0.5) is 4.79 Å². The molecule has 1 aromatic rings. The highest BCUT2D eigenvalue weighted by Crippen LogP contribution is 2.38. The van der Waals surface area contributed by atoms with Gasteiger partial charge in [0, 0.05) is 6.54 Å². The zero-order chi connectivity index (χ0) is 19.1. The van der Waals surface area contributed by atoms with E-state index in [0.29, 0.717) is 24.3 Å². The molecule has 144 valence electrons. The van der Waals surface area contributed by atoms with Crippen LogP contribution in [0.5, 0.6) is 0 Å². The Kier molecular flexibility index (Phi) is 4.72. The van der Waals surface area contributed by atoms with Crippen molar-refractivity contribution in [1.82, 2.24) is 25.5 Å². The number of guanidine groups is 1. The van der Waals surface area contributed by atoms with Crippen molar-refractivity contribution in [2.24, 2.45) is 5.73 Å². The van der Waals surface area contributed by atoms with E-state index in [2.05, 4.69) is 19.8 Å². The summed E-state index contributed by atoms with van der Waals surface area (Å²) < 4.78 is 40.7. The molecule has 1 aromatic heterocycles. The second-order valence-electron chi connectivity index (χ2n) is 6.01. The van der Waals surface area contributed by atoms with Crippen molar-refractivity contribution in [2.75, 3.05) is 6.54 Å². The summed E-state index contributed by atoms with van der Waals surface area (Å²) in [6.45, 7) is 2.06. The molecular formula is C12H19N7O6S. The van der Waals surface area contributed by atoms with E-state index in [0.717, 1.165) is 0 Å². The van der Waals surface area contributed by atoms with E-state index in [1.807, 2.05) is 6.92 Å². The van der Waals surface area contributed by atoms with E-state index < -0.39 is 34.6 Å². The van der Waals surface area contributed by atoms with Gasteiger partial charge in [-0.2, -0.15) is 13.5 Å². The number of aromatic nitrogens is 2. The number of nitrogens with two attached hydrogens (primary N) is 1. The quantitative estimate of drug-likeness (QED) is 0.285. The van der Waals surface area contributed by atoms with Crippen LogP contribution in [-0.2, 0) is 14.7 Å². The predicted octanol–water partition coefficient (Wildman–Crippen LogP) is -0.321. The molecule has 3 atom stereocenters. The Bertz CT molecular complexity index is 811. The van der Waals surface area contributed by atoms with Crippen molar-refractivity contribution in [3.63, 3.8) is 0 Å².